The molecule has 7 heteroatoms. The number of anilines is 1. The van der Waals surface area contributed by atoms with Crippen molar-refractivity contribution in [3.63, 3.8) is 0 Å². The van der Waals surface area contributed by atoms with Crippen molar-refractivity contribution in [2.45, 2.75) is 20.0 Å². The van der Waals surface area contributed by atoms with Crippen molar-refractivity contribution in [1.29, 1.82) is 0 Å². The minimum atomic E-state index is 0.258. The molecule has 0 aliphatic carbocycles. The van der Waals surface area contributed by atoms with Gasteiger partial charge in [0.1, 0.15) is 5.75 Å². The Morgan fingerprint density at radius 1 is 1.14 bits per heavy atom. The molecule has 152 valence electrons. The van der Waals surface area contributed by atoms with Crippen molar-refractivity contribution in [2.75, 3.05) is 32.4 Å². The summed E-state index contributed by atoms with van der Waals surface area (Å²) in [5.74, 6) is 3.18. The molecule has 0 fully saturated rings. The highest BCUT2D eigenvalue weighted by Gasteiger charge is 2.17. The van der Waals surface area contributed by atoms with E-state index < -0.39 is 0 Å². The van der Waals surface area contributed by atoms with Crippen LogP contribution in [0.1, 0.15) is 12.5 Å². The predicted molar refractivity (Wildman–Crippen MR) is 111 cm³/mol. The first-order valence-electron chi connectivity index (χ1n) is 9.69. The number of methoxy groups -OCH3 is 1. The van der Waals surface area contributed by atoms with E-state index in [1.165, 1.54) is 0 Å². The van der Waals surface area contributed by atoms with E-state index in [0.717, 1.165) is 40.0 Å². The predicted octanol–water partition coefficient (Wildman–Crippen LogP) is 3.94. The van der Waals surface area contributed by atoms with Crippen LogP contribution in [0.25, 0.3) is 11.3 Å². The van der Waals surface area contributed by atoms with Crippen molar-refractivity contribution < 1.29 is 18.9 Å². The van der Waals surface area contributed by atoms with Crippen molar-refractivity contribution in [3.8, 4) is 28.5 Å². The second kappa shape index (κ2) is 8.87. The summed E-state index contributed by atoms with van der Waals surface area (Å²) in [5, 5.41) is 3.44. The monoisotopic (exact) mass is 395 g/mol. The molecule has 0 amide bonds. The van der Waals surface area contributed by atoms with E-state index in [1.807, 2.05) is 49.5 Å². The summed E-state index contributed by atoms with van der Waals surface area (Å²) < 4.78 is 24.1. The van der Waals surface area contributed by atoms with Crippen LogP contribution in [-0.2, 0) is 17.8 Å². The highest BCUT2D eigenvalue weighted by atomic mass is 16.7. The lowest BCUT2D eigenvalue weighted by molar-refractivity contribution is 0.174. The zero-order valence-electron chi connectivity index (χ0n) is 16.7. The van der Waals surface area contributed by atoms with Crippen LogP contribution in [0.15, 0.2) is 48.7 Å². The number of fused-ring (bicyclic) bond motifs is 1. The van der Waals surface area contributed by atoms with Gasteiger partial charge in [0.2, 0.25) is 12.7 Å². The van der Waals surface area contributed by atoms with Crippen LogP contribution in [0.3, 0.4) is 0 Å². The van der Waals surface area contributed by atoms with Gasteiger partial charge in [-0.3, -0.25) is 0 Å². The number of nitrogens with zero attached hydrogens (tertiary/aromatic N) is 2. The summed E-state index contributed by atoms with van der Waals surface area (Å²) in [6.45, 7) is 4.75. The van der Waals surface area contributed by atoms with Crippen molar-refractivity contribution in [2.24, 2.45) is 0 Å². The SMILES string of the molecule is CCOc1ccccc1CNc1ncc(-c2ccc3c(c2)OCO3)n1CCOC. The van der Waals surface area contributed by atoms with Gasteiger partial charge in [0.15, 0.2) is 11.5 Å². The van der Waals surface area contributed by atoms with Gasteiger partial charge in [-0.1, -0.05) is 18.2 Å². The van der Waals surface area contributed by atoms with Gasteiger partial charge < -0.3 is 28.8 Å². The lowest BCUT2D eigenvalue weighted by Crippen LogP contribution is -2.12. The van der Waals surface area contributed by atoms with Gasteiger partial charge in [-0.25, -0.2) is 4.98 Å². The Balaban J connectivity index is 1.59. The Labute approximate surface area is 170 Å². The maximum Gasteiger partial charge on any atom is 0.231 e. The smallest absolute Gasteiger partial charge is 0.231 e. The average Bonchev–Trinajstić information content (AvgIpc) is 3.38. The van der Waals surface area contributed by atoms with Gasteiger partial charge in [0.05, 0.1) is 25.1 Å². The maximum atomic E-state index is 5.72. The normalized spacial score (nSPS) is 12.2. The number of aromatic nitrogens is 2. The van der Waals surface area contributed by atoms with E-state index in [-0.39, 0.29) is 6.79 Å². The van der Waals surface area contributed by atoms with Crippen LogP contribution in [-0.4, -0.2) is 36.7 Å². The largest absolute Gasteiger partial charge is 0.494 e. The first kappa shape index (κ1) is 19.1. The lowest BCUT2D eigenvalue weighted by atomic mass is 10.1. The number of hydrogen-bond donors (Lipinski definition) is 1. The van der Waals surface area contributed by atoms with Crippen LogP contribution in [0, 0.1) is 0 Å². The quantitative estimate of drug-likeness (QED) is 0.592. The molecular weight excluding hydrogens is 370 g/mol. The molecular formula is C22H25N3O4. The summed E-state index contributed by atoms with van der Waals surface area (Å²) in [6.07, 6.45) is 1.87. The van der Waals surface area contributed by atoms with Gasteiger partial charge in [-0.2, -0.15) is 0 Å². The standard InChI is InChI=1S/C22H25N3O4/c1-3-27-19-7-5-4-6-17(19)13-23-22-24-14-18(25(22)10-11-26-2)16-8-9-20-21(12-16)29-15-28-20/h4-9,12,14H,3,10-11,13,15H2,1-2H3,(H,23,24). The molecule has 1 N–H and O–H groups in total. The highest BCUT2D eigenvalue weighted by molar-refractivity contribution is 5.66. The average molecular weight is 395 g/mol. The Hall–Kier alpha value is -3.19. The van der Waals surface area contributed by atoms with E-state index in [9.17, 15) is 0 Å². The summed E-state index contributed by atoms with van der Waals surface area (Å²) >= 11 is 0. The Morgan fingerprint density at radius 3 is 2.86 bits per heavy atom. The molecule has 7 nitrogen and oxygen atoms in total. The van der Waals surface area contributed by atoms with Gasteiger partial charge in [0.25, 0.3) is 0 Å². The Morgan fingerprint density at radius 2 is 2.00 bits per heavy atom. The number of rotatable bonds is 9. The molecule has 1 aromatic heterocycles. The molecule has 2 aromatic carbocycles. The molecule has 0 saturated heterocycles. The molecule has 0 saturated carbocycles. The number of hydrogen-bond acceptors (Lipinski definition) is 6. The third-order valence-corrected chi connectivity index (χ3v) is 4.75. The first-order chi connectivity index (χ1) is 14.3. The van der Waals surface area contributed by atoms with E-state index >= 15 is 0 Å². The second-order valence-corrected chi connectivity index (χ2v) is 6.57. The minimum Gasteiger partial charge on any atom is -0.494 e. The topological polar surface area (TPSA) is 66.8 Å². The van der Waals surface area contributed by atoms with Gasteiger partial charge >= 0.3 is 0 Å². The van der Waals surface area contributed by atoms with E-state index in [1.54, 1.807) is 7.11 Å². The molecule has 1 aliphatic heterocycles. The Kier molecular flexibility index (Phi) is 5.86. The van der Waals surface area contributed by atoms with E-state index in [4.69, 9.17) is 18.9 Å². The van der Waals surface area contributed by atoms with E-state index in [2.05, 4.69) is 20.9 Å². The Bertz CT molecular complexity index is 970. The highest BCUT2D eigenvalue weighted by Crippen LogP contribution is 2.36. The second-order valence-electron chi connectivity index (χ2n) is 6.57. The zero-order valence-corrected chi connectivity index (χ0v) is 16.7. The molecule has 29 heavy (non-hydrogen) atoms. The fourth-order valence-electron chi connectivity index (χ4n) is 3.33. The molecule has 4 rings (SSSR count). The van der Waals surface area contributed by atoms with Gasteiger partial charge in [-0.15, -0.1) is 0 Å². The van der Waals surface area contributed by atoms with Crippen LogP contribution in [0.4, 0.5) is 5.95 Å². The summed E-state index contributed by atoms with van der Waals surface area (Å²) in [5.41, 5.74) is 3.09. The van der Waals surface area contributed by atoms with Crippen LogP contribution in [0.5, 0.6) is 17.2 Å². The van der Waals surface area contributed by atoms with E-state index in [0.29, 0.717) is 26.3 Å². The molecule has 0 radical (unpaired) electrons. The molecule has 0 spiro atoms. The van der Waals surface area contributed by atoms with Crippen LogP contribution >= 0.6 is 0 Å². The van der Waals surface area contributed by atoms with Crippen LogP contribution in [0.2, 0.25) is 0 Å². The lowest BCUT2D eigenvalue weighted by Gasteiger charge is -2.15. The van der Waals surface area contributed by atoms with Gasteiger partial charge in [-0.05, 0) is 31.2 Å². The molecule has 3 aromatic rings. The summed E-state index contributed by atoms with van der Waals surface area (Å²) in [7, 11) is 1.70. The maximum absolute atomic E-state index is 5.72. The number of nitrogens with one attached hydrogen (secondary N) is 1. The first-order valence-corrected chi connectivity index (χ1v) is 9.69. The third kappa shape index (κ3) is 4.14. The third-order valence-electron chi connectivity index (χ3n) is 4.75. The summed E-state index contributed by atoms with van der Waals surface area (Å²) in [4.78, 5) is 4.61. The fourth-order valence-corrected chi connectivity index (χ4v) is 3.33. The number of imidazole rings is 1. The molecule has 1 aliphatic rings. The van der Waals surface area contributed by atoms with Crippen molar-refractivity contribution in [3.05, 3.63) is 54.2 Å². The van der Waals surface area contributed by atoms with Crippen molar-refractivity contribution in [1.82, 2.24) is 9.55 Å². The molecule has 0 atom stereocenters. The van der Waals surface area contributed by atoms with Crippen LogP contribution < -0.4 is 19.5 Å². The van der Waals surface area contributed by atoms with Crippen molar-refractivity contribution >= 4 is 5.95 Å². The number of benzene rings is 2. The van der Waals surface area contributed by atoms with Gasteiger partial charge in [0, 0.05) is 31.3 Å². The molecule has 0 unspecified atom stereocenters. The fraction of sp³-hybridized carbons (Fsp3) is 0.318. The molecule has 0 bridgehead atoms. The summed E-state index contributed by atoms with van der Waals surface area (Å²) in [6, 6.07) is 13.9. The minimum absolute atomic E-state index is 0.258. The number of para-hydroxylation sites is 1. The zero-order chi connectivity index (χ0) is 20.1. The number of ether oxygens (including phenoxy) is 4. The molecule has 2 heterocycles.